The molecule has 0 radical (unpaired) electrons. The molecular weight excluding hydrogens is 366 g/mol. The molecular formula is C23H25N3O3. The maximum absolute atomic E-state index is 12.7. The number of aromatic nitrogens is 2. The highest BCUT2D eigenvalue weighted by Crippen LogP contribution is 2.22. The van der Waals surface area contributed by atoms with E-state index in [2.05, 4.69) is 15.3 Å². The molecule has 2 N–H and O–H groups in total. The summed E-state index contributed by atoms with van der Waals surface area (Å²) >= 11 is 0. The maximum atomic E-state index is 12.7. The summed E-state index contributed by atoms with van der Waals surface area (Å²) in [6, 6.07) is 12.5. The van der Waals surface area contributed by atoms with Crippen molar-refractivity contribution in [3.8, 4) is 11.3 Å². The topological polar surface area (TPSA) is 84.1 Å². The Kier molecular flexibility index (Phi) is 5.94. The summed E-state index contributed by atoms with van der Waals surface area (Å²) in [5.41, 5.74) is 3.37. The van der Waals surface area contributed by atoms with Crippen LogP contribution in [0.5, 0.6) is 0 Å². The van der Waals surface area contributed by atoms with Crippen LogP contribution in [0.3, 0.4) is 0 Å². The van der Waals surface area contributed by atoms with Gasteiger partial charge in [-0.25, -0.2) is 0 Å². The van der Waals surface area contributed by atoms with Crippen LogP contribution in [0, 0.1) is 6.92 Å². The van der Waals surface area contributed by atoms with Crippen LogP contribution in [0.2, 0.25) is 0 Å². The molecule has 3 rings (SSSR count). The van der Waals surface area contributed by atoms with E-state index in [1.165, 1.54) is 6.07 Å². The standard InChI is InChI=1S/C23H25N3O3/c1-15-17(14-29-23(2,3)4)6-5-7-19(15)25-21(27)18-8-9-20(26-22(18)28)16-10-12-24-13-11-16/h5-13H,14H2,1-4H3,(H,25,27)(H,26,28). The van der Waals surface area contributed by atoms with E-state index in [0.29, 0.717) is 18.0 Å². The first kappa shape index (κ1) is 20.5. The van der Waals surface area contributed by atoms with Gasteiger partial charge in [-0.2, -0.15) is 0 Å². The van der Waals surface area contributed by atoms with Gasteiger partial charge in [0.05, 0.1) is 12.2 Å². The van der Waals surface area contributed by atoms with Crippen LogP contribution in [0.25, 0.3) is 11.3 Å². The predicted octanol–water partition coefficient (Wildman–Crippen LogP) is 4.31. The number of H-pyrrole nitrogens is 1. The predicted molar refractivity (Wildman–Crippen MR) is 114 cm³/mol. The average molecular weight is 391 g/mol. The maximum Gasteiger partial charge on any atom is 0.261 e. The van der Waals surface area contributed by atoms with E-state index in [-0.39, 0.29) is 11.2 Å². The van der Waals surface area contributed by atoms with Crippen molar-refractivity contribution in [2.45, 2.75) is 39.9 Å². The number of ether oxygens (including phenoxy) is 1. The minimum Gasteiger partial charge on any atom is -0.371 e. The van der Waals surface area contributed by atoms with E-state index < -0.39 is 11.5 Å². The number of amides is 1. The number of rotatable bonds is 5. The third-order valence-corrected chi connectivity index (χ3v) is 4.50. The number of hydrogen-bond donors (Lipinski definition) is 2. The summed E-state index contributed by atoms with van der Waals surface area (Å²) in [5, 5.41) is 2.84. The molecule has 0 aliphatic rings. The smallest absolute Gasteiger partial charge is 0.261 e. The molecule has 6 heteroatoms. The first-order valence-electron chi connectivity index (χ1n) is 9.42. The van der Waals surface area contributed by atoms with Crippen LogP contribution in [0.4, 0.5) is 5.69 Å². The molecule has 0 atom stereocenters. The highest BCUT2D eigenvalue weighted by molar-refractivity contribution is 6.04. The number of benzene rings is 1. The molecule has 1 amide bonds. The molecule has 0 saturated carbocycles. The quantitative estimate of drug-likeness (QED) is 0.679. The molecule has 0 aliphatic heterocycles. The number of hydrogen-bond acceptors (Lipinski definition) is 4. The van der Waals surface area contributed by atoms with Crippen molar-refractivity contribution >= 4 is 11.6 Å². The van der Waals surface area contributed by atoms with Gasteiger partial charge in [0.2, 0.25) is 0 Å². The zero-order chi connectivity index (χ0) is 21.0. The molecule has 6 nitrogen and oxygen atoms in total. The largest absolute Gasteiger partial charge is 0.371 e. The van der Waals surface area contributed by atoms with E-state index >= 15 is 0 Å². The van der Waals surface area contributed by atoms with Gasteiger partial charge in [0, 0.05) is 29.3 Å². The number of nitrogens with zero attached hydrogens (tertiary/aromatic N) is 1. The molecule has 0 spiro atoms. The van der Waals surface area contributed by atoms with Crippen molar-refractivity contribution in [3.63, 3.8) is 0 Å². The van der Waals surface area contributed by atoms with E-state index in [0.717, 1.165) is 16.7 Å². The number of carbonyl (C=O) groups is 1. The zero-order valence-electron chi connectivity index (χ0n) is 17.1. The number of nitrogens with one attached hydrogen (secondary N) is 2. The highest BCUT2D eigenvalue weighted by Gasteiger charge is 2.15. The van der Waals surface area contributed by atoms with Crippen molar-refractivity contribution in [1.82, 2.24) is 9.97 Å². The molecule has 0 bridgehead atoms. The molecule has 0 aliphatic carbocycles. The van der Waals surface area contributed by atoms with Gasteiger partial charge >= 0.3 is 0 Å². The molecule has 2 heterocycles. The van der Waals surface area contributed by atoms with Crippen LogP contribution in [-0.4, -0.2) is 21.5 Å². The Labute approximate surface area is 170 Å². The van der Waals surface area contributed by atoms with Crippen molar-refractivity contribution < 1.29 is 9.53 Å². The summed E-state index contributed by atoms with van der Waals surface area (Å²) in [5.74, 6) is -0.454. The van der Waals surface area contributed by atoms with Gasteiger partial charge in [-0.15, -0.1) is 0 Å². The second-order valence-corrected chi connectivity index (χ2v) is 7.80. The average Bonchev–Trinajstić information content (AvgIpc) is 2.68. The Morgan fingerprint density at radius 3 is 2.48 bits per heavy atom. The van der Waals surface area contributed by atoms with Gasteiger partial charge < -0.3 is 15.0 Å². The first-order valence-corrected chi connectivity index (χ1v) is 9.42. The Hall–Kier alpha value is -3.25. The van der Waals surface area contributed by atoms with Crippen LogP contribution in [0.15, 0.2) is 59.7 Å². The van der Waals surface area contributed by atoms with Gasteiger partial charge in [-0.1, -0.05) is 12.1 Å². The third-order valence-electron chi connectivity index (χ3n) is 4.50. The zero-order valence-corrected chi connectivity index (χ0v) is 17.1. The summed E-state index contributed by atoms with van der Waals surface area (Å²) < 4.78 is 5.84. The summed E-state index contributed by atoms with van der Waals surface area (Å²) in [6.45, 7) is 8.36. The second kappa shape index (κ2) is 8.41. The Bertz CT molecular complexity index is 1070. The monoisotopic (exact) mass is 391 g/mol. The number of pyridine rings is 2. The van der Waals surface area contributed by atoms with E-state index in [1.807, 2.05) is 45.9 Å². The van der Waals surface area contributed by atoms with Crippen LogP contribution in [0.1, 0.15) is 42.3 Å². The van der Waals surface area contributed by atoms with Gasteiger partial charge in [0.25, 0.3) is 11.5 Å². The van der Waals surface area contributed by atoms with Crippen molar-refractivity contribution in [1.29, 1.82) is 0 Å². The second-order valence-electron chi connectivity index (χ2n) is 7.80. The van der Waals surface area contributed by atoms with Gasteiger partial charge in [0.1, 0.15) is 5.56 Å². The molecule has 150 valence electrons. The lowest BCUT2D eigenvalue weighted by molar-refractivity contribution is -0.0151. The van der Waals surface area contributed by atoms with Crippen LogP contribution >= 0.6 is 0 Å². The molecule has 0 fully saturated rings. The SMILES string of the molecule is Cc1c(COC(C)(C)C)cccc1NC(=O)c1ccc(-c2ccncc2)[nH]c1=O. The van der Waals surface area contributed by atoms with Gasteiger partial charge in [-0.05, 0) is 69.2 Å². The molecule has 0 saturated heterocycles. The normalized spacial score (nSPS) is 11.3. The van der Waals surface area contributed by atoms with E-state index in [1.54, 1.807) is 30.6 Å². The first-order chi connectivity index (χ1) is 13.7. The number of carbonyl (C=O) groups excluding carboxylic acids is 1. The molecule has 29 heavy (non-hydrogen) atoms. The Balaban J connectivity index is 1.79. The van der Waals surface area contributed by atoms with Crippen molar-refractivity contribution in [3.05, 3.63) is 81.9 Å². The fourth-order valence-electron chi connectivity index (χ4n) is 2.81. The lowest BCUT2D eigenvalue weighted by Crippen LogP contribution is -2.24. The van der Waals surface area contributed by atoms with Crippen molar-refractivity contribution in [2.75, 3.05) is 5.32 Å². The fourth-order valence-corrected chi connectivity index (χ4v) is 2.81. The molecule has 2 aromatic heterocycles. The Morgan fingerprint density at radius 1 is 1.10 bits per heavy atom. The third kappa shape index (κ3) is 5.18. The summed E-state index contributed by atoms with van der Waals surface area (Å²) in [6.07, 6.45) is 3.29. The number of aromatic amines is 1. The van der Waals surface area contributed by atoms with Crippen LogP contribution < -0.4 is 10.9 Å². The Morgan fingerprint density at radius 2 is 1.83 bits per heavy atom. The fraction of sp³-hybridized carbons (Fsp3) is 0.261. The van der Waals surface area contributed by atoms with Gasteiger partial charge in [-0.3, -0.25) is 14.6 Å². The minimum atomic E-state index is -0.454. The van der Waals surface area contributed by atoms with E-state index in [9.17, 15) is 9.59 Å². The number of anilines is 1. The minimum absolute atomic E-state index is 0.0542. The molecule has 0 unspecified atom stereocenters. The highest BCUT2D eigenvalue weighted by atomic mass is 16.5. The summed E-state index contributed by atoms with van der Waals surface area (Å²) in [7, 11) is 0. The molecule has 1 aromatic carbocycles. The lowest BCUT2D eigenvalue weighted by Gasteiger charge is -2.21. The van der Waals surface area contributed by atoms with Gasteiger partial charge in [0.15, 0.2) is 0 Å². The molecule has 3 aromatic rings. The summed E-state index contributed by atoms with van der Waals surface area (Å²) in [4.78, 5) is 31.9. The lowest BCUT2D eigenvalue weighted by atomic mass is 10.1. The van der Waals surface area contributed by atoms with E-state index in [4.69, 9.17) is 4.74 Å². The van der Waals surface area contributed by atoms with Crippen LogP contribution in [-0.2, 0) is 11.3 Å². The van der Waals surface area contributed by atoms with Crippen molar-refractivity contribution in [2.24, 2.45) is 0 Å².